The smallest absolute Gasteiger partial charge is 0.142 e. The fourth-order valence-electron chi connectivity index (χ4n) is 0.816. The molecule has 0 saturated heterocycles. The number of nitrogens with zero attached hydrogens (tertiary/aromatic N) is 1. The summed E-state index contributed by atoms with van der Waals surface area (Å²) in [7, 11) is 0. The predicted octanol–water partition coefficient (Wildman–Crippen LogP) is 3.15. The van der Waals surface area contributed by atoms with Gasteiger partial charge >= 0.3 is 0 Å². The Morgan fingerprint density at radius 3 is 2.54 bits per heavy atom. The highest BCUT2D eigenvalue weighted by atomic mass is 35.5. The zero-order valence-corrected chi connectivity index (χ0v) is 7.15. The number of allylic oxidation sites excluding steroid dienone is 1. The molecule has 0 aliphatic rings. The molecule has 0 fully saturated rings. The normalized spacial score (nSPS) is 10.3. The monoisotopic (exact) mass is 199 g/mol. The van der Waals surface area contributed by atoms with Gasteiger partial charge in [-0.1, -0.05) is 11.6 Å². The molecule has 13 heavy (non-hydrogen) atoms. The average molecular weight is 200 g/mol. The van der Waals surface area contributed by atoms with Gasteiger partial charge in [-0.25, -0.2) is 8.78 Å². The maximum atomic E-state index is 12.9. The molecular weight excluding hydrogens is 196 g/mol. The summed E-state index contributed by atoms with van der Waals surface area (Å²) in [4.78, 5) is 0. The van der Waals surface area contributed by atoms with Crippen LogP contribution in [-0.4, -0.2) is 0 Å². The molecular formula is C9H4ClF2N. The van der Waals surface area contributed by atoms with Crippen molar-refractivity contribution >= 4 is 17.7 Å². The second-order valence-corrected chi connectivity index (χ2v) is 2.60. The van der Waals surface area contributed by atoms with Crippen LogP contribution in [0.3, 0.4) is 0 Å². The lowest BCUT2D eigenvalue weighted by atomic mass is 10.2. The summed E-state index contributed by atoms with van der Waals surface area (Å²) in [5.74, 6) is -1.36. The van der Waals surface area contributed by atoms with Crippen LogP contribution in [0.1, 0.15) is 5.56 Å². The molecule has 0 spiro atoms. The molecule has 1 nitrogen and oxygen atoms in total. The Balaban J connectivity index is 3.27. The lowest BCUT2D eigenvalue weighted by Crippen LogP contribution is -1.87. The van der Waals surface area contributed by atoms with Crippen LogP contribution in [-0.2, 0) is 0 Å². The molecule has 4 heteroatoms. The van der Waals surface area contributed by atoms with Gasteiger partial charge in [-0.2, -0.15) is 5.26 Å². The van der Waals surface area contributed by atoms with Crippen LogP contribution in [0.25, 0.3) is 6.08 Å². The topological polar surface area (TPSA) is 23.8 Å². The van der Waals surface area contributed by atoms with Gasteiger partial charge in [0.15, 0.2) is 0 Å². The number of benzene rings is 1. The number of rotatable bonds is 1. The van der Waals surface area contributed by atoms with E-state index in [2.05, 4.69) is 0 Å². The third kappa shape index (κ3) is 2.04. The highest BCUT2D eigenvalue weighted by Gasteiger charge is 2.08. The van der Waals surface area contributed by atoms with E-state index in [1.807, 2.05) is 0 Å². The summed E-state index contributed by atoms with van der Waals surface area (Å²) >= 11 is 5.46. The zero-order valence-electron chi connectivity index (χ0n) is 6.39. The van der Waals surface area contributed by atoms with Crippen LogP contribution in [0.2, 0.25) is 5.02 Å². The number of hydrogen-bond donors (Lipinski definition) is 0. The van der Waals surface area contributed by atoms with Crippen LogP contribution in [0, 0.1) is 23.0 Å². The molecule has 1 aromatic rings. The molecule has 0 aliphatic carbocycles. The van der Waals surface area contributed by atoms with Crippen LogP contribution < -0.4 is 0 Å². The maximum absolute atomic E-state index is 12.9. The van der Waals surface area contributed by atoms with E-state index in [1.165, 1.54) is 0 Å². The Bertz CT molecular complexity index is 393. The second-order valence-electron chi connectivity index (χ2n) is 2.22. The molecule has 1 rings (SSSR count). The molecule has 0 heterocycles. The van der Waals surface area contributed by atoms with Gasteiger partial charge in [0.2, 0.25) is 0 Å². The molecule has 0 radical (unpaired) electrons. The van der Waals surface area contributed by atoms with Gasteiger partial charge < -0.3 is 0 Å². The van der Waals surface area contributed by atoms with Crippen LogP contribution in [0.4, 0.5) is 8.78 Å². The quantitative estimate of drug-likeness (QED) is 0.504. The summed E-state index contributed by atoms with van der Waals surface area (Å²) in [6.45, 7) is 0. The van der Waals surface area contributed by atoms with Gasteiger partial charge in [0, 0.05) is 11.6 Å². The highest BCUT2D eigenvalue weighted by molar-refractivity contribution is 6.32. The standard InChI is InChI=1S/C9H4ClF2N/c10-9-6(2-1-5-13)7(11)3-4-8(9)12/h1-4H. The summed E-state index contributed by atoms with van der Waals surface area (Å²) < 4.78 is 25.7. The minimum absolute atomic E-state index is 0.108. The SMILES string of the molecule is N#CC=Cc1c(F)ccc(F)c1Cl. The lowest BCUT2D eigenvalue weighted by Gasteiger charge is -2.00. The van der Waals surface area contributed by atoms with E-state index < -0.39 is 11.6 Å². The summed E-state index contributed by atoms with van der Waals surface area (Å²) in [6, 6.07) is 3.55. The molecule has 0 unspecified atom stereocenters. The zero-order chi connectivity index (χ0) is 9.84. The third-order valence-electron chi connectivity index (χ3n) is 1.40. The fraction of sp³-hybridized carbons (Fsp3) is 0. The van der Waals surface area contributed by atoms with Crippen molar-refractivity contribution in [2.75, 3.05) is 0 Å². The van der Waals surface area contributed by atoms with Gasteiger partial charge in [0.1, 0.15) is 11.6 Å². The molecule has 0 N–H and O–H groups in total. The largest absolute Gasteiger partial charge is 0.206 e. The first-order valence-electron chi connectivity index (χ1n) is 3.36. The van der Waals surface area contributed by atoms with Crippen molar-refractivity contribution in [3.63, 3.8) is 0 Å². The lowest BCUT2D eigenvalue weighted by molar-refractivity contribution is 0.598. The molecule has 0 atom stereocenters. The molecule has 0 aromatic heterocycles. The van der Waals surface area contributed by atoms with Crippen molar-refractivity contribution in [1.29, 1.82) is 5.26 Å². The van der Waals surface area contributed by atoms with Gasteiger partial charge in [0.25, 0.3) is 0 Å². The summed E-state index contributed by atoms with van der Waals surface area (Å²) in [5.41, 5.74) is -0.108. The van der Waals surface area contributed by atoms with Crippen molar-refractivity contribution in [3.8, 4) is 6.07 Å². The number of hydrogen-bond acceptors (Lipinski definition) is 1. The van der Waals surface area contributed by atoms with Crippen molar-refractivity contribution in [1.82, 2.24) is 0 Å². The van der Waals surface area contributed by atoms with Crippen LogP contribution in [0.15, 0.2) is 18.2 Å². The van der Waals surface area contributed by atoms with Gasteiger partial charge in [-0.05, 0) is 18.2 Å². The highest BCUT2D eigenvalue weighted by Crippen LogP contribution is 2.23. The molecule has 0 amide bonds. The molecule has 1 aromatic carbocycles. The van der Waals surface area contributed by atoms with E-state index in [1.54, 1.807) is 6.07 Å². The van der Waals surface area contributed by atoms with E-state index in [0.717, 1.165) is 24.3 Å². The minimum atomic E-state index is -0.708. The van der Waals surface area contributed by atoms with E-state index >= 15 is 0 Å². The predicted molar refractivity (Wildman–Crippen MR) is 46.0 cm³/mol. The van der Waals surface area contributed by atoms with Gasteiger partial charge in [-0.15, -0.1) is 0 Å². The number of nitriles is 1. The number of halogens is 3. The van der Waals surface area contributed by atoms with Crippen molar-refractivity contribution < 1.29 is 8.78 Å². The summed E-state index contributed by atoms with van der Waals surface area (Å²) in [6.07, 6.45) is 2.16. The first kappa shape index (κ1) is 9.69. The molecule has 0 bridgehead atoms. The third-order valence-corrected chi connectivity index (χ3v) is 1.79. The fourth-order valence-corrected chi connectivity index (χ4v) is 1.03. The second kappa shape index (κ2) is 4.01. The van der Waals surface area contributed by atoms with E-state index in [0.29, 0.717) is 0 Å². The Morgan fingerprint density at radius 1 is 1.31 bits per heavy atom. The first-order valence-corrected chi connectivity index (χ1v) is 3.74. The minimum Gasteiger partial charge on any atom is -0.206 e. The van der Waals surface area contributed by atoms with E-state index in [4.69, 9.17) is 16.9 Å². The Morgan fingerprint density at radius 2 is 1.92 bits per heavy atom. The first-order chi connectivity index (χ1) is 6.16. The molecule has 0 saturated carbocycles. The average Bonchev–Trinajstić information content (AvgIpc) is 2.12. The van der Waals surface area contributed by atoms with Crippen molar-refractivity contribution in [2.45, 2.75) is 0 Å². The van der Waals surface area contributed by atoms with Gasteiger partial charge in [0.05, 0.1) is 11.1 Å². The Kier molecular flexibility index (Phi) is 2.99. The van der Waals surface area contributed by atoms with E-state index in [-0.39, 0.29) is 10.6 Å². The Labute approximate surface area is 78.9 Å². The molecule has 0 aliphatic heterocycles. The van der Waals surface area contributed by atoms with Crippen molar-refractivity contribution in [3.05, 3.63) is 40.4 Å². The Hall–Kier alpha value is -1.40. The maximum Gasteiger partial charge on any atom is 0.142 e. The van der Waals surface area contributed by atoms with Crippen LogP contribution in [0.5, 0.6) is 0 Å². The van der Waals surface area contributed by atoms with Crippen molar-refractivity contribution in [2.24, 2.45) is 0 Å². The molecule has 66 valence electrons. The van der Waals surface area contributed by atoms with E-state index in [9.17, 15) is 8.78 Å². The summed E-state index contributed by atoms with van der Waals surface area (Å²) in [5, 5.41) is 7.87. The van der Waals surface area contributed by atoms with Crippen LogP contribution >= 0.6 is 11.6 Å². The van der Waals surface area contributed by atoms with Gasteiger partial charge in [-0.3, -0.25) is 0 Å².